The Hall–Kier alpha value is -1.69. The number of hydrogen-bond acceptors (Lipinski definition) is 4. The number of amides is 1. The molecule has 1 aliphatic rings. The monoisotopic (exact) mass is 272 g/mol. The third-order valence-corrected chi connectivity index (χ3v) is 3.02. The lowest BCUT2D eigenvalue weighted by Crippen LogP contribution is -2.31. The number of hydrogen-bond donors (Lipinski definition) is 4. The van der Waals surface area contributed by atoms with Crippen LogP contribution in [0.3, 0.4) is 0 Å². The largest absolute Gasteiger partial charge is 0.397 e. The maximum Gasteiger partial charge on any atom is 0.239 e. The molecular formula is C11H14ClFN4O. The summed E-state index contributed by atoms with van der Waals surface area (Å²) in [6.45, 7) is -0.0577. The summed E-state index contributed by atoms with van der Waals surface area (Å²) in [5.41, 5.74) is 11.3. The zero-order chi connectivity index (χ0) is 13.3. The molecule has 1 aromatic rings. The van der Waals surface area contributed by atoms with Gasteiger partial charge in [-0.2, -0.15) is 0 Å². The van der Waals surface area contributed by atoms with E-state index in [9.17, 15) is 9.18 Å². The minimum atomic E-state index is -0.742. The van der Waals surface area contributed by atoms with E-state index in [4.69, 9.17) is 23.1 Å². The number of benzene rings is 1. The molecular weight excluding hydrogens is 259 g/mol. The highest BCUT2D eigenvalue weighted by Gasteiger charge is 2.23. The van der Waals surface area contributed by atoms with Gasteiger partial charge in [-0.05, 0) is 18.9 Å². The Kier molecular flexibility index (Phi) is 3.47. The third-order valence-electron chi connectivity index (χ3n) is 2.63. The fourth-order valence-corrected chi connectivity index (χ4v) is 1.67. The maximum absolute atomic E-state index is 13.8. The average Bonchev–Trinajstić information content (AvgIpc) is 3.09. The molecule has 0 bridgehead atoms. The second-order valence-electron chi connectivity index (χ2n) is 4.25. The van der Waals surface area contributed by atoms with Gasteiger partial charge < -0.3 is 22.1 Å². The Morgan fingerprint density at radius 3 is 2.72 bits per heavy atom. The van der Waals surface area contributed by atoms with Crippen molar-refractivity contribution in [3.05, 3.63) is 16.9 Å². The Labute approximate surface area is 109 Å². The summed E-state index contributed by atoms with van der Waals surface area (Å²) < 4.78 is 13.8. The van der Waals surface area contributed by atoms with Gasteiger partial charge in [0, 0.05) is 6.04 Å². The first-order valence-electron chi connectivity index (χ1n) is 5.55. The van der Waals surface area contributed by atoms with Crippen molar-refractivity contribution in [2.75, 3.05) is 23.3 Å². The van der Waals surface area contributed by atoms with Crippen molar-refractivity contribution in [1.29, 1.82) is 0 Å². The van der Waals surface area contributed by atoms with Crippen LogP contribution in [0.5, 0.6) is 0 Å². The first-order chi connectivity index (χ1) is 8.49. The molecule has 1 amide bonds. The first kappa shape index (κ1) is 12.8. The van der Waals surface area contributed by atoms with Crippen LogP contribution in [0, 0.1) is 5.82 Å². The topological polar surface area (TPSA) is 93.2 Å². The fourth-order valence-electron chi connectivity index (χ4n) is 1.52. The van der Waals surface area contributed by atoms with Gasteiger partial charge in [-0.15, -0.1) is 0 Å². The molecule has 1 fully saturated rings. The van der Waals surface area contributed by atoms with E-state index in [2.05, 4.69) is 10.6 Å². The van der Waals surface area contributed by atoms with Crippen molar-refractivity contribution in [1.82, 2.24) is 5.32 Å². The van der Waals surface area contributed by atoms with Gasteiger partial charge in [0.2, 0.25) is 5.91 Å². The fraction of sp³-hybridized carbons (Fsp3) is 0.364. The molecule has 1 saturated carbocycles. The van der Waals surface area contributed by atoms with Crippen molar-refractivity contribution in [2.24, 2.45) is 0 Å². The van der Waals surface area contributed by atoms with E-state index >= 15 is 0 Å². The summed E-state index contributed by atoms with van der Waals surface area (Å²) in [6.07, 6.45) is 1.99. The second-order valence-corrected chi connectivity index (χ2v) is 4.63. The molecule has 0 unspecified atom stereocenters. The minimum Gasteiger partial charge on any atom is -0.397 e. The van der Waals surface area contributed by atoms with Gasteiger partial charge >= 0.3 is 0 Å². The third kappa shape index (κ3) is 2.76. The molecule has 2 rings (SSSR count). The molecule has 0 atom stereocenters. The maximum atomic E-state index is 13.8. The van der Waals surface area contributed by atoms with Crippen LogP contribution in [0.25, 0.3) is 0 Å². The van der Waals surface area contributed by atoms with E-state index < -0.39 is 5.82 Å². The number of anilines is 3. The lowest BCUT2D eigenvalue weighted by Gasteiger charge is -2.12. The van der Waals surface area contributed by atoms with Crippen molar-refractivity contribution >= 4 is 34.6 Å². The quantitative estimate of drug-likeness (QED) is 0.622. The zero-order valence-electron chi connectivity index (χ0n) is 9.59. The van der Waals surface area contributed by atoms with Gasteiger partial charge in [0.1, 0.15) is 5.02 Å². The summed E-state index contributed by atoms with van der Waals surface area (Å²) >= 11 is 5.67. The molecule has 1 aromatic carbocycles. The SMILES string of the molecule is Nc1cc(N)c(NCC(=O)NC2CC2)c(F)c1Cl. The molecule has 0 aliphatic heterocycles. The standard InChI is InChI=1S/C11H14ClFN4O/c12-9-6(14)3-7(15)11(10(9)13)16-4-8(18)17-5-1-2-5/h3,5,16H,1-2,4,14-15H2,(H,17,18). The number of rotatable bonds is 4. The van der Waals surface area contributed by atoms with Crippen LogP contribution >= 0.6 is 11.6 Å². The van der Waals surface area contributed by atoms with Gasteiger partial charge in [-0.3, -0.25) is 4.79 Å². The van der Waals surface area contributed by atoms with Crippen LogP contribution in [0.15, 0.2) is 6.07 Å². The number of nitrogens with one attached hydrogen (secondary N) is 2. The second kappa shape index (κ2) is 4.89. The summed E-state index contributed by atoms with van der Waals surface area (Å²) in [6, 6.07) is 1.61. The predicted octanol–water partition coefficient (Wildman–Crippen LogP) is 1.33. The molecule has 0 radical (unpaired) electrons. The van der Waals surface area contributed by atoms with Crippen LogP contribution < -0.4 is 22.1 Å². The number of nitrogen functional groups attached to an aromatic ring is 2. The highest BCUT2D eigenvalue weighted by molar-refractivity contribution is 6.33. The van der Waals surface area contributed by atoms with Gasteiger partial charge in [-0.25, -0.2) is 4.39 Å². The summed E-state index contributed by atoms with van der Waals surface area (Å²) in [4.78, 5) is 11.4. The smallest absolute Gasteiger partial charge is 0.239 e. The van der Waals surface area contributed by atoms with E-state index in [1.807, 2.05) is 0 Å². The highest BCUT2D eigenvalue weighted by atomic mass is 35.5. The lowest BCUT2D eigenvalue weighted by molar-refractivity contribution is -0.119. The number of carbonyl (C=O) groups is 1. The molecule has 18 heavy (non-hydrogen) atoms. The van der Waals surface area contributed by atoms with Gasteiger partial charge in [-0.1, -0.05) is 11.6 Å². The molecule has 7 heteroatoms. The summed E-state index contributed by atoms with van der Waals surface area (Å²) in [5.74, 6) is -0.947. The van der Waals surface area contributed by atoms with Crippen molar-refractivity contribution in [3.8, 4) is 0 Å². The molecule has 6 N–H and O–H groups in total. The molecule has 0 heterocycles. The molecule has 0 spiro atoms. The molecule has 1 aliphatic carbocycles. The van der Waals surface area contributed by atoms with Crippen LogP contribution in [0.2, 0.25) is 5.02 Å². The van der Waals surface area contributed by atoms with Gasteiger partial charge in [0.25, 0.3) is 0 Å². The molecule has 5 nitrogen and oxygen atoms in total. The van der Waals surface area contributed by atoms with Crippen molar-refractivity contribution in [3.63, 3.8) is 0 Å². The summed E-state index contributed by atoms with van der Waals surface area (Å²) in [5, 5.41) is 5.20. The van der Waals surface area contributed by atoms with Gasteiger partial charge in [0.05, 0.1) is 23.6 Å². The average molecular weight is 273 g/mol. The van der Waals surface area contributed by atoms with Crippen LogP contribution in [0.1, 0.15) is 12.8 Å². The predicted molar refractivity (Wildman–Crippen MR) is 69.9 cm³/mol. The Balaban J connectivity index is 2.04. The Morgan fingerprint density at radius 2 is 2.11 bits per heavy atom. The van der Waals surface area contributed by atoms with E-state index in [0.29, 0.717) is 0 Å². The number of carbonyl (C=O) groups excluding carboxylic acids is 1. The van der Waals surface area contributed by atoms with E-state index in [0.717, 1.165) is 12.8 Å². The zero-order valence-corrected chi connectivity index (χ0v) is 10.4. The summed E-state index contributed by atoms with van der Waals surface area (Å²) in [7, 11) is 0. The van der Waals surface area contributed by atoms with Crippen molar-refractivity contribution in [2.45, 2.75) is 18.9 Å². The number of nitrogens with two attached hydrogens (primary N) is 2. The van der Waals surface area contributed by atoms with E-state index in [-0.39, 0.29) is 40.6 Å². The normalized spacial score (nSPS) is 14.3. The van der Waals surface area contributed by atoms with Crippen molar-refractivity contribution < 1.29 is 9.18 Å². The molecule has 0 aromatic heterocycles. The van der Waals surface area contributed by atoms with Crippen LogP contribution in [-0.4, -0.2) is 18.5 Å². The number of halogens is 2. The lowest BCUT2D eigenvalue weighted by atomic mass is 10.2. The minimum absolute atomic E-state index is 0.000136. The van der Waals surface area contributed by atoms with E-state index in [1.54, 1.807) is 0 Å². The first-order valence-corrected chi connectivity index (χ1v) is 5.93. The molecule has 98 valence electrons. The van der Waals surface area contributed by atoms with Crippen LogP contribution in [0.4, 0.5) is 21.5 Å². The molecule has 0 saturated heterocycles. The van der Waals surface area contributed by atoms with Gasteiger partial charge in [0.15, 0.2) is 5.82 Å². The Morgan fingerprint density at radius 1 is 1.44 bits per heavy atom. The highest BCUT2D eigenvalue weighted by Crippen LogP contribution is 2.33. The van der Waals surface area contributed by atoms with E-state index in [1.165, 1.54) is 6.07 Å². The van der Waals surface area contributed by atoms with Crippen LogP contribution in [-0.2, 0) is 4.79 Å². The Bertz CT molecular complexity index is 490.